The normalized spacial score (nSPS) is 22.7. The zero-order valence-corrected chi connectivity index (χ0v) is 17.1. The molecule has 30 heavy (non-hydrogen) atoms. The van der Waals surface area contributed by atoms with Gasteiger partial charge in [0.15, 0.2) is 0 Å². The molecule has 0 unspecified atom stereocenters. The lowest BCUT2D eigenvalue weighted by Crippen LogP contribution is -2.31. The summed E-state index contributed by atoms with van der Waals surface area (Å²) >= 11 is 2.48. The topological polar surface area (TPSA) is 84.0 Å². The Labute approximate surface area is 178 Å². The standard InChI is InChI=1S/C22H15N3O3S2/c26-19-16-15(13-10-23-14-9-5-4-8-12(13)14)18-21(29-17(16)20(27)24-19)25(22(28)30-18)11-6-2-1-3-7-11/h1-10,15-17,23H,(H,24,26,27)/t15-,16-,17-/m1/s1. The summed E-state index contributed by atoms with van der Waals surface area (Å²) in [5, 5.41) is 3.69. The van der Waals surface area contributed by atoms with E-state index in [-0.39, 0.29) is 22.6 Å². The Kier molecular flexibility index (Phi) is 3.81. The SMILES string of the molecule is O=C1NC(=O)[C@@H]2Sc3c(sc(=O)n3-c3ccccc3)[C@H](c3c[nH]c4ccccc34)[C@@H]12. The molecule has 4 heterocycles. The summed E-state index contributed by atoms with van der Waals surface area (Å²) in [6.07, 6.45) is 1.90. The number of fused-ring (bicyclic) bond motifs is 3. The molecule has 8 heteroatoms. The van der Waals surface area contributed by atoms with Crippen molar-refractivity contribution in [1.29, 1.82) is 0 Å². The van der Waals surface area contributed by atoms with Gasteiger partial charge in [-0.3, -0.25) is 24.3 Å². The first-order valence-electron chi connectivity index (χ1n) is 9.52. The van der Waals surface area contributed by atoms with Gasteiger partial charge in [-0.2, -0.15) is 0 Å². The molecule has 0 radical (unpaired) electrons. The summed E-state index contributed by atoms with van der Waals surface area (Å²) < 4.78 is 1.67. The van der Waals surface area contributed by atoms with E-state index in [1.54, 1.807) is 4.57 Å². The van der Waals surface area contributed by atoms with Crippen LogP contribution in [0.5, 0.6) is 0 Å². The number of amides is 2. The fourth-order valence-electron chi connectivity index (χ4n) is 4.48. The number of nitrogens with one attached hydrogen (secondary N) is 2. The van der Waals surface area contributed by atoms with Crippen molar-refractivity contribution in [3.63, 3.8) is 0 Å². The van der Waals surface area contributed by atoms with Crippen LogP contribution in [0.1, 0.15) is 16.4 Å². The zero-order valence-electron chi connectivity index (χ0n) is 15.5. The Hall–Kier alpha value is -3.10. The number of thioether (sulfide) groups is 1. The average Bonchev–Trinajstić information content (AvgIpc) is 3.41. The number of imide groups is 1. The Morgan fingerprint density at radius 2 is 1.67 bits per heavy atom. The maximum absolute atomic E-state index is 13.0. The summed E-state index contributed by atoms with van der Waals surface area (Å²) in [7, 11) is 0. The molecule has 6 rings (SSSR count). The molecule has 2 N–H and O–H groups in total. The average molecular weight is 434 g/mol. The number of carbonyl (C=O) groups excluding carboxylic acids is 2. The van der Waals surface area contributed by atoms with Crippen LogP contribution in [0.25, 0.3) is 16.6 Å². The van der Waals surface area contributed by atoms with Crippen LogP contribution in [-0.2, 0) is 9.59 Å². The van der Waals surface area contributed by atoms with Crippen molar-refractivity contribution < 1.29 is 9.59 Å². The fourth-order valence-corrected chi connectivity index (χ4v) is 7.24. The van der Waals surface area contributed by atoms with E-state index in [1.807, 2.05) is 60.8 Å². The van der Waals surface area contributed by atoms with Crippen LogP contribution in [0.3, 0.4) is 0 Å². The molecule has 1 saturated heterocycles. The third-order valence-corrected chi connectivity index (χ3v) is 8.32. The molecule has 0 bridgehead atoms. The first-order chi connectivity index (χ1) is 14.6. The molecular weight excluding hydrogens is 418 g/mol. The summed E-state index contributed by atoms with van der Waals surface area (Å²) in [5.74, 6) is -1.47. The molecule has 4 aromatic rings. The number of para-hydroxylation sites is 2. The molecule has 3 atom stereocenters. The van der Waals surface area contributed by atoms with Gasteiger partial charge in [-0.15, -0.1) is 0 Å². The summed E-state index contributed by atoms with van der Waals surface area (Å²) in [6, 6.07) is 17.3. The molecule has 6 nitrogen and oxygen atoms in total. The predicted octanol–water partition coefficient (Wildman–Crippen LogP) is 3.26. The maximum Gasteiger partial charge on any atom is 0.312 e. The van der Waals surface area contributed by atoms with E-state index >= 15 is 0 Å². The van der Waals surface area contributed by atoms with Crippen LogP contribution in [0.4, 0.5) is 0 Å². The van der Waals surface area contributed by atoms with Crippen molar-refractivity contribution in [2.45, 2.75) is 16.2 Å². The minimum absolute atomic E-state index is 0.114. The second-order valence-corrected chi connectivity index (χ2v) is 9.52. The minimum atomic E-state index is -0.562. The van der Waals surface area contributed by atoms with E-state index in [0.717, 1.165) is 43.4 Å². The Bertz CT molecular complexity index is 1390. The third kappa shape index (κ3) is 2.41. The van der Waals surface area contributed by atoms with Crippen molar-refractivity contribution in [3.05, 3.63) is 80.9 Å². The molecule has 2 aliphatic heterocycles. The van der Waals surface area contributed by atoms with Gasteiger partial charge in [0.1, 0.15) is 5.25 Å². The van der Waals surface area contributed by atoms with Gasteiger partial charge in [-0.1, -0.05) is 59.5 Å². The largest absolute Gasteiger partial charge is 0.361 e. The number of thiazole rings is 1. The van der Waals surface area contributed by atoms with Crippen LogP contribution in [-0.4, -0.2) is 26.6 Å². The highest BCUT2D eigenvalue weighted by Gasteiger charge is 2.53. The van der Waals surface area contributed by atoms with Crippen LogP contribution >= 0.6 is 23.1 Å². The predicted molar refractivity (Wildman–Crippen MR) is 116 cm³/mol. The number of hydrogen-bond donors (Lipinski definition) is 2. The van der Waals surface area contributed by atoms with Gasteiger partial charge in [-0.25, -0.2) is 0 Å². The van der Waals surface area contributed by atoms with Gasteiger partial charge >= 0.3 is 4.87 Å². The Morgan fingerprint density at radius 1 is 0.900 bits per heavy atom. The third-order valence-electron chi connectivity index (χ3n) is 5.78. The monoisotopic (exact) mass is 433 g/mol. The highest BCUT2D eigenvalue weighted by atomic mass is 32.2. The number of carbonyl (C=O) groups is 2. The van der Waals surface area contributed by atoms with Crippen molar-refractivity contribution in [2.75, 3.05) is 0 Å². The number of aromatic nitrogens is 2. The van der Waals surface area contributed by atoms with E-state index in [2.05, 4.69) is 10.3 Å². The highest BCUT2D eigenvalue weighted by molar-refractivity contribution is 8.00. The number of aromatic amines is 1. The molecule has 0 spiro atoms. The zero-order chi connectivity index (χ0) is 20.4. The first-order valence-corrected chi connectivity index (χ1v) is 11.2. The van der Waals surface area contributed by atoms with E-state index in [1.165, 1.54) is 11.8 Å². The molecule has 0 saturated carbocycles. The number of H-pyrrole nitrogens is 1. The van der Waals surface area contributed by atoms with Gasteiger partial charge in [0, 0.05) is 27.9 Å². The summed E-state index contributed by atoms with van der Waals surface area (Å²) in [4.78, 5) is 42.5. The Balaban J connectivity index is 1.64. The lowest BCUT2D eigenvalue weighted by atomic mass is 9.83. The van der Waals surface area contributed by atoms with Gasteiger partial charge < -0.3 is 4.98 Å². The van der Waals surface area contributed by atoms with Crippen molar-refractivity contribution in [3.8, 4) is 5.69 Å². The molecule has 148 valence electrons. The minimum Gasteiger partial charge on any atom is -0.361 e. The van der Waals surface area contributed by atoms with Crippen LogP contribution in [0.2, 0.25) is 0 Å². The molecule has 0 aliphatic carbocycles. The summed E-state index contributed by atoms with van der Waals surface area (Å²) in [6.45, 7) is 0. The second kappa shape index (κ2) is 6.45. The number of benzene rings is 2. The Morgan fingerprint density at radius 3 is 2.50 bits per heavy atom. The van der Waals surface area contributed by atoms with Crippen molar-refractivity contribution >= 4 is 45.8 Å². The quantitative estimate of drug-likeness (QED) is 0.476. The van der Waals surface area contributed by atoms with Crippen molar-refractivity contribution in [2.24, 2.45) is 5.92 Å². The summed E-state index contributed by atoms with van der Waals surface area (Å²) in [5.41, 5.74) is 2.66. The molecule has 2 aromatic heterocycles. The number of hydrogen-bond acceptors (Lipinski definition) is 5. The van der Waals surface area contributed by atoms with Crippen LogP contribution in [0.15, 0.2) is 70.6 Å². The lowest BCUT2D eigenvalue weighted by molar-refractivity contribution is -0.125. The van der Waals surface area contributed by atoms with Crippen LogP contribution in [0, 0.1) is 5.92 Å². The maximum atomic E-state index is 13.0. The number of nitrogens with zero attached hydrogens (tertiary/aromatic N) is 1. The van der Waals surface area contributed by atoms with E-state index in [9.17, 15) is 14.4 Å². The molecular formula is C22H15N3O3S2. The smallest absolute Gasteiger partial charge is 0.312 e. The number of rotatable bonds is 2. The second-order valence-electron chi connectivity index (χ2n) is 7.39. The molecule has 2 amide bonds. The molecule has 2 aliphatic rings. The van der Waals surface area contributed by atoms with E-state index in [4.69, 9.17) is 0 Å². The fraction of sp³-hybridized carbons (Fsp3) is 0.136. The lowest BCUT2D eigenvalue weighted by Gasteiger charge is -2.30. The van der Waals surface area contributed by atoms with E-state index < -0.39 is 11.2 Å². The van der Waals surface area contributed by atoms with Gasteiger partial charge in [0.2, 0.25) is 11.8 Å². The van der Waals surface area contributed by atoms with Gasteiger partial charge in [-0.05, 0) is 23.8 Å². The van der Waals surface area contributed by atoms with Crippen molar-refractivity contribution in [1.82, 2.24) is 14.9 Å². The van der Waals surface area contributed by atoms with E-state index in [0.29, 0.717) is 0 Å². The van der Waals surface area contributed by atoms with Gasteiger partial charge in [0.05, 0.1) is 16.6 Å². The molecule has 2 aromatic carbocycles. The first kappa shape index (κ1) is 17.7. The van der Waals surface area contributed by atoms with Crippen LogP contribution < -0.4 is 10.2 Å². The highest BCUT2D eigenvalue weighted by Crippen LogP contribution is 2.53. The molecule has 1 fully saturated rings. The van der Waals surface area contributed by atoms with Gasteiger partial charge in [0.25, 0.3) is 0 Å².